The molecule has 0 spiro atoms. The highest BCUT2D eigenvalue weighted by molar-refractivity contribution is 5.76. The molecule has 0 radical (unpaired) electrons. The lowest BCUT2D eigenvalue weighted by molar-refractivity contribution is -0.181. The molecule has 19 heavy (non-hydrogen) atoms. The van der Waals surface area contributed by atoms with E-state index in [1.807, 2.05) is 0 Å². The largest absolute Gasteiger partial charge is 0.441 e. The van der Waals surface area contributed by atoms with Gasteiger partial charge in [-0.05, 0) is 12.8 Å². The molecule has 1 aliphatic heterocycles. The number of esters is 1. The first-order valence-electron chi connectivity index (χ1n) is 6.97. The van der Waals surface area contributed by atoms with Gasteiger partial charge in [-0.15, -0.1) is 0 Å². The molecule has 0 N–H and O–H groups in total. The van der Waals surface area contributed by atoms with Gasteiger partial charge in [0.25, 0.3) is 0 Å². The van der Waals surface area contributed by atoms with Gasteiger partial charge in [0, 0.05) is 26.1 Å². The van der Waals surface area contributed by atoms with E-state index in [-0.39, 0.29) is 23.3 Å². The third kappa shape index (κ3) is 2.85. The van der Waals surface area contributed by atoms with Gasteiger partial charge in [-0.3, -0.25) is 9.69 Å². The first-order chi connectivity index (χ1) is 8.79. The zero-order chi connectivity index (χ0) is 14.8. The maximum Gasteiger partial charge on any atom is 0.322 e. The van der Waals surface area contributed by atoms with Gasteiger partial charge in [-0.1, -0.05) is 27.7 Å². The van der Waals surface area contributed by atoms with Crippen molar-refractivity contribution < 1.29 is 14.3 Å². The van der Waals surface area contributed by atoms with Gasteiger partial charge >= 0.3 is 12.0 Å². The molecule has 1 rings (SSSR count). The lowest BCUT2D eigenvalue weighted by Crippen LogP contribution is -2.63. The number of ether oxygens (including phenoxy) is 1. The molecule has 1 unspecified atom stereocenters. The summed E-state index contributed by atoms with van der Waals surface area (Å²) in [5, 5.41) is 0. The van der Waals surface area contributed by atoms with Crippen molar-refractivity contribution in [3.8, 4) is 0 Å². The van der Waals surface area contributed by atoms with Crippen molar-refractivity contribution in [2.45, 2.75) is 46.8 Å². The lowest BCUT2D eigenvalue weighted by Gasteiger charge is -2.50. The molecule has 0 saturated carbocycles. The number of hydrogen-bond acceptors (Lipinski definition) is 3. The van der Waals surface area contributed by atoms with Crippen molar-refractivity contribution >= 4 is 12.0 Å². The van der Waals surface area contributed by atoms with Crippen molar-refractivity contribution in [3.63, 3.8) is 0 Å². The quantitative estimate of drug-likeness (QED) is 0.737. The number of carbonyl (C=O) groups excluding carboxylic acids is 2. The van der Waals surface area contributed by atoms with E-state index in [0.717, 1.165) is 12.8 Å². The summed E-state index contributed by atoms with van der Waals surface area (Å²) in [4.78, 5) is 27.2. The van der Waals surface area contributed by atoms with Crippen LogP contribution in [0.1, 0.15) is 40.5 Å². The fourth-order valence-corrected chi connectivity index (χ4v) is 2.67. The summed E-state index contributed by atoms with van der Waals surface area (Å²) in [6.07, 6.45) is 1.25. The van der Waals surface area contributed by atoms with Crippen LogP contribution in [0.15, 0.2) is 0 Å². The molecule has 2 amide bonds. The van der Waals surface area contributed by atoms with Crippen LogP contribution in [0.3, 0.4) is 0 Å². The predicted molar refractivity (Wildman–Crippen MR) is 73.5 cm³/mol. The van der Waals surface area contributed by atoms with Crippen molar-refractivity contribution in [1.29, 1.82) is 0 Å². The normalized spacial score (nSPS) is 22.9. The SMILES string of the molecule is CCC1(CC)CN(C)C(=O)N(C)C1OC(=O)C(C)C. The van der Waals surface area contributed by atoms with E-state index >= 15 is 0 Å². The second-order valence-corrected chi connectivity index (χ2v) is 5.76. The molecule has 1 atom stereocenters. The Hall–Kier alpha value is -1.26. The van der Waals surface area contributed by atoms with Crippen LogP contribution >= 0.6 is 0 Å². The van der Waals surface area contributed by atoms with Gasteiger partial charge in [0.15, 0.2) is 6.23 Å². The zero-order valence-electron chi connectivity index (χ0n) is 12.9. The average molecular weight is 270 g/mol. The second-order valence-electron chi connectivity index (χ2n) is 5.76. The predicted octanol–water partition coefficient (Wildman–Crippen LogP) is 2.32. The van der Waals surface area contributed by atoms with Crippen LogP contribution in [0.5, 0.6) is 0 Å². The Balaban J connectivity index is 3.05. The topological polar surface area (TPSA) is 49.9 Å². The fourth-order valence-electron chi connectivity index (χ4n) is 2.67. The molecule has 1 heterocycles. The molecule has 0 aliphatic carbocycles. The Labute approximate surface area is 115 Å². The third-order valence-corrected chi connectivity index (χ3v) is 4.16. The minimum absolute atomic E-state index is 0.0981. The molecule has 1 saturated heterocycles. The summed E-state index contributed by atoms with van der Waals surface area (Å²) in [7, 11) is 3.50. The fraction of sp³-hybridized carbons (Fsp3) is 0.857. The van der Waals surface area contributed by atoms with Crippen LogP contribution in [-0.4, -0.2) is 48.7 Å². The molecule has 5 heteroatoms. The van der Waals surface area contributed by atoms with Gasteiger partial charge in [0.2, 0.25) is 0 Å². The van der Waals surface area contributed by atoms with Crippen molar-refractivity contribution in [2.24, 2.45) is 11.3 Å². The highest BCUT2D eigenvalue weighted by Gasteiger charge is 2.48. The smallest absolute Gasteiger partial charge is 0.322 e. The maximum atomic E-state index is 12.1. The summed E-state index contributed by atoms with van der Waals surface area (Å²) in [6, 6.07) is -0.0981. The molecule has 5 nitrogen and oxygen atoms in total. The summed E-state index contributed by atoms with van der Waals surface area (Å²) in [6.45, 7) is 8.39. The highest BCUT2D eigenvalue weighted by Crippen LogP contribution is 2.38. The Morgan fingerprint density at radius 2 is 1.89 bits per heavy atom. The number of urea groups is 1. The summed E-state index contributed by atoms with van der Waals surface area (Å²) >= 11 is 0. The first-order valence-corrected chi connectivity index (χ1v) is 6.97. The van der Waals surface area contributed by atoms with Crippen molar-refractivity contribution in [1.82, 2.24) is 9.80 Å². The number of rotatable bonds is 4. The number of hydrogen-bond donors (Lipinski definition) is 0. The van der Waals surface area contributed by atoms with E-state index in [0.29, 0.717) is 6.54 Å². The van der Waals surface area contributed by atoms with Crippen molar-refractivity contribution in [3.05, 3.63) is 0 Å². The number of amides is 2. The van der Waals surface area contributed by atoms with Gasteiger partial charge in [-0.25, -0.2) is 4.79 Å². The monoisotopic (exact) mass is 270 g/mol. The van der Waals surface area contributed by atoms with Crippen LogP contribution in [0.2, 0.25) is 0 Å². The Kier molecular flexibility index (Phi) is 4.82. The number of nitrogens with zero attached hydrogens (tertiary/aromatic N) is 2. The Morgan fingerprint density at radius 3 is 2.32 bits per heavy atom. The van der Waals surface area contributed by atoms with Crippen LogP contribution in [0.4, 0.5) is 4.79 Å². The van der Waals surface area contributed by atoms with Crippen LogP contribution in [0.25, 0.3) is 0 Å². The molecular weight excluding hydrogens is 244 g/mol. The number of carbonyl (C=O) groups is 2. The van der Waals surface area contributed by atoms with Crippen LogP contribution in [0, 0.1) is 11.3 Å². The van der Waals surface area contributed by atoms with E-state index in [1.165, 1.54) is 0 Å². The molecule has 0 aromatic heterocycles. The molecular formula is C14H26N2O3. The van der Waals surface area contributed by atoms with Gasteiger partial charge in [0.05, 0.1) is 5.92 Å². The zero-order valence-corrected chi connectivity index (χ0v) is 12.9. The van der Waals surface area contributed by atoms with Crippen LogP contribution in [-0.2, 0) is 9.53 Å². The van der Waals surface area contributed by atoms with Gasteiger partial charge in [-0.2, -0.15) is 0 Å². The van der Waals surface area contributed by atoms with E-state index in [4.69, 9.17) is 4.74 Å². The summed E-state index contributed by atoms with van der Waals surface area (Å²) in [5.41, 5.74) is -0.192. The summed E-state index contributed by atoms with van der Waals surface area (Å²) in [5.74, 6) is -0.435. The first kappa shape index (κ1) is 15.8. The van der Waals surface area contributed by atoms with E-state index in [9.17, 15) is 9.59 Å². The van der Waals surface area contributed by atoms with Crippen molar-refractivity contribution in [2.75, 3.05) is 20.6 Å². The minimum atomic E-state index is -0.471. The van der Waals surface area contributed by atoms with Gasteiger partial charge in [0.1, 0.15) is 0 Å². The van der Waals surface area contributed by atoms with Crippen LogP contribution < -0.4 is 0 Å². The third-order valence-electron chi connectivity index (χ3n) is 4.16. The standard InChI is InChI=1S/C14H26N2O3/c1-7-14(8-2)9-15(5)13(18)16(6)12(14)19-11(17)10(3)4/h10,12H,7-9H2,1-6H3. The summed E-state index contributed by atoms with van der Waals surface area (Å²) < 4.78 is 5.62. The average Bonchev–Trinajstić information content (AvgIpc) is 2.39. The molecule has 110 valence electrons. The highest BCUT2D eigenvalue weighted by atomic mass is 16.6. The second kappa shape index (κ2) is 5.80. The van der Waals surface area contributed by atoms with E-state index < -0.39 is 6.23 Å². The Bertz CT molecular complexity index is 351. The minimum Gasteiger partial charge on any atom is -0.441 e. The van der Waals surface area contributed by atoms with E-state index in [2.05, 4.69) is 13.8 Å². The maximum absolute atomic E-state index is 12.1. The van der Waals surface area contributed by atoms with Gasteiger partial charge < -0.3 is 9.64 Å². The molecule has 1 fully saturated rings. The lowest BCUT2D eigenvalue weighted by atomic mass is 9.78. The molecule has 0 aromatic rings. The molecule has 1 aliphatic rings. The molecule has 0 bridgehead atoms. The Morgan fingerprint density at radius 1 is 1.37 bits per heavy atom. The molecule has 0 aromatic carbocycles. The van der Waals surface area contributed by atoms with E-state index in [1.54, 1.807) is 37.7 Å².